The third-order valence-corrected chi connectivity index (χ3v) is 3.02. The summed E-state index contributed by atoms with van der Waals surface area (Å²) in [5.41, 5.74) is 1.12. The molecule has 0 aliphatic rings. The van der Waals surface area contributed by atoms with E-state index in [1.165, 1.54) is 0 Å². The monoisotopic (exact) mass is 230 g/mol. The Balaban J connectivity index is 0.00000112. The number of aryl methyl sites for hydroxylation is 1. The van der Waals surface area contributed by atoms with E-state index < -0.39 is 11.1 Å². The van der Waals surface area contributed by atoms with Gasteiger partial charge in [0.05, 0.1) is 4.90 Å². The van der Waals surface area contributed by atoms with Gasteiger partial charge in [-0.1, -0.05) is 30.3 Å². The first-order chi connectivity index (χ1) is 6.70. The van der Waals surface area contributed by atoms with Crippen LogP contribution >= 0.6 is 0 Å². The number of rotatable bonds is 1. The van der Waals surface area contributed by atoms with Gasteiger partial charge in [0, 0.05) is 5.39 Å². The first-order valence-electron chi connectivity index (χ1n) is 4.29. The van der Waals surface area contributed by atoms with Crippen LogP contribution in [-0.2, 0) is 11.1 Å². The van der Waals surface area contributed by atoms with Crippen LogP contribution in [0.2, 0.25) is 0 Å². The summed E-state index contributed by atoms with van der Waals surface area (Å²) in [7, 11) is 0. The second-order valence-electron chi connectivity index (χ2n) is 3.18. The number of fused-ring (bicyclic) bond motifs is 1. The van der Waals surface area contributed by atoms with Crippen LogP contribution in [0.3, 0.4) is 0 Å². The van der Waals surface area contributed by atoms with Crippen molar-refractivity contribution in [1.82, 2.24) is 0 Å². The van der Waals surface area contributed by atoms with Crippen LogP contribution in [0, 0.1) is 6.92 Å². The number of hydrogen-bond donors (Lipinski definition) is 1. The maximum absolute atomic E-state index is 11.0. The molecular weight excluding hydrogens is 219 g/mol. The van der Waals surface area contributed by atoms with Gasteiger partial charge in [0.15, 0.2) is 11.1 Å². The summed E-state index contributed by atoms with van der Waals surface area (Å²) in [4.78, 5) is 0.478. The Morgan fingerprint density at radius 2 is 1.67 bits per heavy atom. The van der Waals surface area contributed by atoms with Gasteiger partial charge in [0.1, 0.15) is 0 Å². The fourth-order valence-electron chi connectivity index (χ4n) is 1.59. The molecule has 0 saturated carbocycles. The Morgan fingerprint density at radius 3 is 2.33 bits per heavy atom. The van der Waals surface area contributed by atoms with Crippen LogP contribution in [-0.4, -0.2) is 38.3 Å². The van der Waals surface area contributed by atoms with E-state index in [1.807, 2.05) is 31.2 Å². The minimum atomic E-state index is -1.91. The van der Waals surface area contributed by atoms with Crippen molar-refractivity contribution in [3.8, 4) is 0 Å². The van der Waals surface area contributed by atoms with E-state index in [1.54, 1.807) is 12.1 Å². The molecule has 2 nitrogen and oxygen atoms in total. The van der Waals surface area contributed by atoms with Crippen molar-refractivity contribution in [3.05, 3.63) is 42.0 Å². The zero-order valence-corrected chi connectivity index (χ0v) is 8.54. The topological polar surface area (TPSA) is 37.3 Å². The van der Waals surface area contributed by atoms with E-state index in [0.29, 0.717) is 4.90 Å². The molecule has 0 aliphatic heterocycles. The molecule has 0 heterocycles. The molecule has 0 aliphatic carbocycles. The number of benzene rings is 2. The average Bonchev–Trinajstić information content (AvgIpc) is 2.17. The SMILES string of the molecule is Cc1cccc2c(S(=O)O)cccc12.[NaH]. The Morgan fingerprint density at radius 1 is 1.07 bits per heavy atom. The molecule has 1 unspecified atom stereocenters. The van der Waals surface area contributed by atoms with Gasteiger partial charge in [-0.2, -0.15) is 0 Å². The van der Waals surface area contributed by atoms with E-state index in [-0.39, 0.29) is 29.6 Å². The molecule has 74 valence electrons. The molecule has 0 spiro atoms. The summed E-state index contributed by atoms with van der Waals surface area (Å²) in [6.07, 6.45) is 0. The second-order valence-corrected chi connectivity index (χ2v) is 4.11. The third-order valence-electron chi connectivity index (χ3n) is 2.29. The van der Waals surface area contributed by atoms with E-state index >= 15 is 0 Å². The molecule has 1 N–H and O–H groups in total. The predicted molar refractivity (Wildman–Crippen MR) is 64.9 cm³/mol. The van der Waals surface area contributed by atoms with Crippen LogP contribution in [0.4, 0.5) is 0 Å². The van der Waals surface area contributed by atoms with Crippen molar-refractivity contribution in [2.24, 2.45) is 0 Å². The van der Waals surface area contributed by atoms with E-state index in [9.17, 15) is 4.21 Å². The van der Waals surface area contributed by atoms with Crippen LogP contribution in [0.5, 0.6) is 0 Å². The van der Waals surface area contributed by atoms with Gasteiger partial charge in [0.25, 0.3) is 0 Å². The van der Waals surface area contributed by atoms with Crippen molar-refractivity contribution < 1.29 is 8.76 Å². The fraction of sp³-hybridized carbons (Fsp3) is 0.0909. The summed E-state index contributed by atoms with van der Waals surface area (Å²) in [6, 6.07) is 11.2. The maximum atomic E-state index is 11.0. The minimum absolute atomic E-state index is 0. The third kappa shape index (κ3) is 2.49. The van der Waals surface area contributed by atoms with Gasteiger partial charge in [-0.15, -0.1) is 0 Å². The summed E-state index contributed by atoms with van der Waals surface area (Å²) in [5.74, 6) is 0. The van der Waals surface area contributed by atoms with Gasteiger partial charge in [-0.05, 0) is 23.9 Å². The molecule has 0 radical (unpaired) electrons. The van der Waals surface area contributed by atoms with Crippen molar-refractivity contribution in [3.63, 3.8) is 0 Å². The fourth-order valence-corrected chi connectivity index (χ4v) is 2.15. The average molecular weight is 230 g/mol. The standard InChI is InChI=1S/C11H10O2S.Na.H/c1-8-4-2-6-10-9(8)5-3-7-11(10)14(12)13;;/h2-7H,1H3,(H,12,13);;. The summed E-state index contributed by atoms with van der Waals surface area (Å²) < 4.78 is 20.1. The van der Waals surface area contributed by atoms with Gasteiger partial charge >= 0.3 is 29.6 Å². The van der Waals surface area contributed by atoms with Gasteiger partial charge < -0.3 is 4.55 Å². The molecule has 2 rings (SSSR count). The summed E-state index contributed by atoms with van der Waals surface area (Å²) in [5, 5.41) is 1.89. The predicted octanol–water partition coefficient (Wildman–Crippen LogP) is 2.08. The van der Waals surface area contributed by atoms with Crippen molar-refractivity contribution in [2.45, 2.75) is 11.8 Å². The van der Waals surface area contributed by atoms with Gasteiger partial charge in [-0.25, -0.2) is 4.21 Å². The van der Waals surface area contributed by atoms with Crippen molar-refractivity contribution in [2.75, 3.05) is 0 Å². The van der Waals surface area contributed by atoms with E-state index in [0.717, 1.165) is 16.3 Å². The second kappa shape index (κ2) is 5.23. The molecule has 4 heteroatoms. The van der Waals surface area contributed by atoms with Crippen LogP contribution in [0.25, 0.3) is 10.8 Å². The molecule has 15 heavy (non-hydrogen) atoms. The number of hydrogen-bond acceptors (Lipinski definition) is 1. The zero-order valence-electron chi connectivity index (χ0n) is 7.73. The molecule has 0 bridgehead atoms. The Labute approximate surface area is 113 Å². The molecule has 2 aromatic carbocycles. The Hall–Kier alpha value is -0.190. The normalized spacial score (nSPS) is 12.1. The molecule has 0 fully saturated rings. The molecule has 0 aromatic heterocycles. The van der Waals surface area contributed by atoms with Crippen LogP contribution in [0.15, 0.2) is 41.3 Å². The van der Waals surface area contributed by atoms with Gasteiger partial charge in [-0.3, -0.25) is 0 Å². The molecule has 2 aromatic rings. The molecule has 0 saturated heterocycles. The van der Waals surface area contributed by atoms with Crippen molar-refractivity contribution in [1.29, 1.82) is 0 Å². The van der Waals surface area contributed by atoms with Crippen LogP contribution in [0.1, 0.15) is 5.56 Å². The zero-order chi connectivity index (χ0) is 10.1. The van der Waals surface area contributed by atoms with Crippen LogP contribution < -0.4 is 0 Å². The van der Waals surface area contributed by atoms with E-state index in [4.69, 9.17) is 4.55 Å². The molecule has 1 atom stereocenters. The van der Waals surface area contributed by atoms with Gasteiger partial charge in [0.2, 0.25) is 0 Å². The van der Waals surface area contributed by atoms with E-state index in [2.05, 4.69) is 0 Å². The first kappa shape index (κ1) is 12.9. The quantitative estimate of drug-likeness (QED) is 0.601. The molecule has 0 amide bonds. The molecular formula is C11H11NaO2S. The Kier molecular flexibility index (Phi) is 4.49. The first-order valence-corrected chi connectivity index (χ1v) is 5.40. The Bertz CT molecular complexity index is 511. The summed E-state index contributed by atoms with van der Waals surface area (Å²) in [6.45, 7) is 1.99. The van der Waals surface area contributed by atoms with Crippen molar-refractivity contribution >= 4 is 51.4 Å². The summed E-state index contributed by atoms with van der Waals surface area (Å²) >= 11 is -1.91.